The summed E-state index contributed by atoms with van der Waals surface area (Å²) in [5, 5.41) is 23.2. The largest absolute Gasteiger partial charge is 0.497 e. The van der Waals surface area contributed by atoms with Gasteiger partial charge in [0, 0.05) is 61.9 Å². The Hall–Kier alpha value is -4.82. The Bertz CT molecular complexity index is 1800. The first-order valence-corrected chi connectivity index (χ1v) is 16.3. The maximum atomic E-state index is 14.9. The molecule has 2 heterocycles. The summed E-state index contributed by atoms with van der Waals surface area (Å²) in [4.78, 5) is 24.3. The number of alkyl halides is 3. The molecule has 50 heavy (non-hydrogen) atoms. The van der Waals surface area contributed by atoms with E-state index in [0.717, 1.165) is 17.2 Å². The molecule has 1 aromatic heterocycles. The Morgan fingerprint density at radius 1 is 0.980 bits per heavy atom. The summed E-state index contributed by atoms with van der Waals surface area (Å²) in [6.45, 7) is 1.87. The zero-order valence-corrected chi connectivity index (χ0v) is 28.1. The molecule has 0 saturated carbocycles. The Balaban J connectivity index is 1.33. The fraction of sp³-hybridized carbons (Fsp3) is 0.417. The van der Waals surface area contributed by atoms with Gasteiger partial charge in [-0.2, -0.15) is 13.2 Å². The third-order valence-electron chi connectivity index (χ3n) is 8.94. The molecule has 5 rings (SSSR count). The van der Waals surface area contributed by atoms with Crippen LogP contribution in [-0.4, -0.2) is 78.2 Å². The number of nitro groups is 1. The molecule has 1 fully saturated rings. The second-order valence-corrected chi connectivity index (χ2v) is 12.2. The molecule has 268 valence electrons. The van der Waals surface area contributed by atoms with Crippen LogP contribution in [0.15, 0.2) is 66.9 Å². The smallest absolute Gasteiger partial charge is 0.422 e. The van der Waals surface area contributed by atoms with E-state index in [4.69, 9.17) is 18.9 Å². The van der Waals surface area contributed by atoms with Crippen LogP contribution in [0.2, 0.25) is 0 Å². The lowest BCUT2D eigenvalue weighted by Crippen LogP contribution is -2.53. The second-order valence-electron chi connectivity index (χ2n) is 12.2. The van der Waals surface area contributed by atoms with Gasteiger partial charge in [-0.05, 0) is 67.6 Å². The number of β-amino-alcohol motifs (C(OH)–C–C–N with tert-alkyl or cyclic N) is 1. The molecule has 0 aliphatic carbocycles. The van der Waals surface area contributed by atoms with Crippen molar-refractivity contribution in [3.05, 3.63) is 93.7 Å². The van der Waals surface area contributed by atoms with Crippen LogP contribution < -0.4 is 14.2 Å². The average Bonchev–Trinajstić information content (AvgIpc) is 3.46. The molecule has 1 aliphatic heterocycles. The number of ether oxygens (including phenoxy) is 4. The molecule has 1 atom stereocenters. The van der Waals surface area contributed by atoms with Crippen molar-refractivity contribution in [2.75, 3.05) is 40.5 Å². The van der Waals surface area contributed by atoms with E-state index in [9.17, 15) is 33.2 Å². The van der Waals surface area contributed by atoms with Crippen LogP contribution in [0.4, 0.5) is 18.9 Å². The maximum Gasteiger partial charge on any atom is 0.422 e. The van der Waals surface area contributed by atoms with Gasteiger partial charge in [0.15, 0.2) is 11.5 Å². The van der Waals surface area contributed by atoms with Crippen molar-refractivity contribution in [1.29, 1.82) is 0 Å². The van der Waals surface area contributed by atoms with E-state index in [1.165, 1.54) is 37.1 Å². The van der Waals surface area contributed by atoms with Gasteiger partial charge in [-0.15, -0.1) is 0 Å². The van der Waals surface area contributed by atoms with Gasteiger partial charge in [0.05, 0.1) is 31.3 Å². The fourth-order valence-electron chi connectivity index (χ4n) is 6.24. The summed E-state index contributed by atoms with van der Waals surface area (Å²) in [5.74, 6) is 1.27. The van der Waals surface area contributed by atoms with Gasteiger partial charge < -0.3 is 28.6 Å². The number of non-ortho nitro benzene ring substituents is 1. The van der Waals surface area contributed by atoms with Crippen LogP contribution in [0, 0.1) is 10.1 Å². The molecular formula is C36H40F3N3O8. The van der Waals surface area contributed by atoms with E-state index >= 15 is 0 Å². The van der Waals surface area contributed by atoms with E-state index in [1.54, 1.807) is 48.2 Å². The highest BCUT2D eigenvalue weighted by Gasteiger charge is 2.57. The molecule has 1 saturated heterocycles. The first-order valence-electron chi connectivity index (χ1n) is 16.3. The lowest BCUT2D eigenvalue weighted by molar-refractivity contribution is -0.384. The molecule has 3 aromatic carbocycles. The first-order chi connectivity index (χ1) is 23.8. The van der Waals surface area contributed by atoms with Crippen molar-refractivity contribution in [1.82, 2.24) is 9.47 Å². The molecule has 1 N–H and O–H groups in total. The van der Waals surface area contributed by atoms with Gasteiger partial charge in [0.25, 0.3) is 5.69 Å². The van der Waals surface area contributed by atoms with Gasteiger partial charge in [-0.25, -0.2) is 0 Å². The quantitative estimate of drug-likeness (QED) is 0.0904. The van der Waals surface area contributed by atoms with Crippen LogP contribution in [0.1, 0.15) is 42.9 Å². The summed E-state index contributed by atoms with van der Waals surface area (Å²) >= 11 is 0. The van der Waals surface area contributed by atoms with Gasteiger partial charge in [-0.3, -0.25) is 19.8 Å². The number of halogens is 3. The molecule has 0 amide bonds. The monoisotopic (exact) mass is 699 g/mol. The molecule has 0 bridgehead atoms. The molecule has 14 heteroatoms. The molecule has 0 radical (unpaired) electrons. The number of piperidine rings is 1. The van der Waals surface area contributed by atoms with Crippen LogP contribution in [0.5, 0.6) is 17.2 Å². The minimum absolute atomic E-state index is 0.0694. The van der Waals surface area contributed by atoms with Crippen molar-refractivity contribution in [3.63, 3.8) is 0 Å². The lowest BCUT2D eigenvalue weighted by Gasteiger charge is -2.39. The molecular weight excluding hydrogens is 659 g/mol. The Labute approximate surface area is 287 Å². The number of nitrogens with zero attached hydrogens (tertiary/aromatic N) is 3. The number of aryl methyl sites for hydroxylation is 1. The number of nitro benzene ring substituents is 1. The number of methoxy groups -OCH3 is 2. The number of likely N-dealkylation sites (tertiary alicyclic amines) is 1. The number of aromatic nitrogens is 1. The second kappa shape index (κ2) is 15.4. The lowest BCUT2D eigenvalue weighted by atomic mass is 9.91. The number of hydrogen-bond donors (Lipinski definition) is 1. The van der Waals surface area contributed by atoms with Gasteiger partial charge in [0.2, 0.25) is 5.60 Å². The Kier molecular flexibility index (Phi) is 11.2. The van der Waals surface area contributed by atoms with E-state index in [2.05, 4.69) is 0 Å². The average molecular weight is 700 g/mol. The number of aliphatic hydroxyl groups is 1. The number of esters is 1. The number of rotatable bonds is 14. The van der Waals surface area contributed by atoms with Crippen molar-refractivity contribution >= 4 is 22.6 Å². The van der Waals surface area contributed by atoms with Crippen LogP contribution in [0.25, 0.3) is 10.9 Å². The molecule has 1 aliphatic rings. The molecule has 4 aromatic rings. The van der Waals surface area contributed by atoms with Crippen molar-refractivity contribution in [2.24, 2.45) is 0 Å². The van der Waals surface area contributed by atoms with Crippen LogP contribution >= 0.6 is 0 Å². The number of carbonyl (C=O) groups is 1. The molecule has 11 nitrogen and oxygen atoms in total. The third-order valence-corrected chi connectivity index (χ3v) is 8.94. The number of fused-ring (bicyclic) bond motifs is 1. The van der Waals surface area contributed by atoms with Gasteiger partial charge in [-0.1, -0.05) is 18.2 Å². The minimum Gasteiger partial charge on any atom is -0.497 e. The van der Waals surface area contributed by atoms with E-state index in [-0.39, 0.29) is 60.3 Å². The minimum atomic E-state index is -5.07. The van der Waals surface area contributed by atoms with Gasteiger partial charge >= 0.3 is 12.1 Å². The van der Waals surface area contributed by atoms with E-state index in [0.29, 0.717) is 43.1 Å². The number of benzene rings is 3. The summed E-state index contributed by atoms with van der Waals surface area (Å²) in [7, 11) is 3.02. The predicted molar refractivity (Wildman–Crippen MR) is 179 cm³/mol. The highest BCUT2D eigenvalue weighted by atomic mass is 19.4. The Morgan fingerprint density at radius 3 is 2.30 bits per heavy atom. The topological polar surface area (TPSA) is 126 Å². The van der Waals surface area contributed by atoms with Crippen LogP contribution in [0.3, 0.4) is 0 Å². The number of hydrogen-bond acceptors (Lipinski definition) is 9. The zero-order valence-electron chi connectivity index (χ0n) is 28.1. The van der Waals surface area contributed by atoms with E-state index in [1.807, 2.05) is 6.07 Å². The molecule has 1 unspecified atom stereocenters. The molecule has 0 spiro atoms. The maximum absolute atomic E-state index is 14.9. The Morgan fingerprint density at radius 2 is 1.68 bits per heavy atom. The predicted octanol–water partition coefficient (Wildman–Crippen LogP) is 6.40. The van der Waals surface area contributed by atoms with Crippen molar-refractivity contribution < 1.29 is 46.9 Å². The number of carbonyl (C=O) groups excluding carboxylic acids is 1. The fourth-order valence-corrected chi connectivity index (χ4v) is 6.24. The summed E-state index contributed by atoms with van der Waals surface area (Å²) in [6, 6.07) is 15.9. The summed E-state index contributed by atoms with van der Waals surface area (Å²) in [6.07, 6.45) is -2.65. The summed E-state index contributed by atoms with van der Waals surface area (Å²) < 4.78 is 68.2. The first kappa shape index (κ1) is 36.5. The van der Waals surface area contributed by atoms with Crippen molar-refractivity contribution in [2.45, 2.75) is 57.0 Å². The van der Waals surface area contributed by atoms with Crippen LogP contribution in [-0.2, 0) is 28.1 Å². The van der Waals surface area contributed by atoms with Crippen molar-refractivity contribution in [3.8, 4) is 17.2 Å². The third kappa shape index (κ3) is 8.13. The van der Waals surface area contributed by atoms with E-state index < -0.39 is 23.2 Å². The standard InChI is InChI=1S/C36H40F3N3O8/c1-4-49-34(43)14-8-24-7-13-32(33(19-24)48-3)50-28-15-17-40(18-16-28)23-35(44,36(37,38)39)30-22-41(21-25-5-10-27(47-2)11-6-25)31-20-26(42(45)46)9-12-29(30)31/h5-7,9-13,19-20,22,28,44H,4,8,14-18,21,23H2,1-3H3. The normalized spacial score (nSPS) is 15.4. The highest BCUT2D eigenvalue weighted by Crippen LogP contribution is 2.44. The zero-order chi connectivity index (χ0) is 36.1. The summed E-state index contributed by atoms with van der Waals surface area (Å²) in [5.41, 5.74) is -2.15. The highest BCUT2D eigenvalue weighted by molar-refractivity contribution is 5.87. The SMILES string of the molecule is CCOC(=O)CCc1ccc(OC2CCN(CC(O)(c3cn(Cc4ccc(OC)cc4)c4cc([N+](=O)[O-])ccc34)C(F)(F)F)CC2)c(OC)c1. The van der Waals surface area contributed by atoms with Gasteiger partial charge in [0.1, 0.15) is 11.9 Å².